The quantitative estimate of drug-likeness (QED) is 0.321. The Morgan fingerprint density at radius 3 is 2.54 bits per heavy atom. The van der Waals surface area contributed by atoms with E-state index >= 15 is 0 Å². The zero-order chi connectivity index (χ0) is 18.4. The maximum absolute atomic E-state index is 7.53. The maximum Gasteiger partial charge on any atom is 0.229 e. The first-order valence-corrected chi connectivity index (χ1v) is 8.84. The summed E-state index contributed by atoms with van der Waals surface area (Å²) in [5.74, 6) is 0.357. The minimum atomic E-state index is 0.357. The average Bonchev–Trinajstić information content (AvgIpc) is 3.01. The van der Waals surface area contributed by atoms with Gasteiger partial charge in [-0.15, -0.1) is 0 Å². The minimum Gasteiger partial charge on any atom is -0.466 e. The highest BCUT2D eigenvalue weighted by Crippen LogP contribution is 2.43. The van der Waals surface area contributed by atoms with Crippen molar-refractivity contribution in [3.8, 4) is 11.3 Å². The number of benzene rings is 2. The summed E-state index contributed by atoms with van der Waals surface area (Å²) in [6.07, 6.45) is 2.04. The van der Waals surface area contributed by atoms with E-state index in [0.717, 1.165) is 33.2 Å². The molecule has 0 fully saturated rings. The summed E-state index contributed by atoms with van der Waals surface area (Å²) in [6, 6.07) is 14.4. The number of hydrogen-bond acceptors (Lipinski definition) is 1. The smallest absolute Gasteiger partial charge is 0.229 e. The van der Waals surface area contributed by atoms with Gasteiger partial charge in [-0.05, 0) is 30.0 Å². The van der Waals surface area contributed by atoms with Crippen LogP contribution in [-0.4, -0.2) is 0 Å². The second-order valence-corrected chi connectivity index (χ2v) is 7.08. The Hall–Kier alpha value is -3.12. The zero-order valence-corrected chi connectivity index (χ0v) is 15.5. The van der Waals surface area contributed by atoms with Gasteiger partial charge in [0.2, 0.25) is 11.4 Å². The first-order valence-electron chi connectivity index (χ1n) is 8.84. The highest BCUT2D eigenvalue weighted by molar-refractivity contribution is 6.14. The van der Waals surface area contributed by atoms with Gasteiger partial charge in [0, 0.05) is 22.9 Å². The normalized spacial score (nSPS) is 11.4. The van der Waals surface area contributed by atoms with E-state index in [0.29, 0.717) is 17.2 Å². The molecule has 0 aliphatic carbocycles. The monoisotopic (exact) mass is 341 g/mol. The van der Waals surface area contributed by atoms with Crippen LogP contribution >= 0.6 is 0 Å². The number of furan rings is 1. The predicted molar refractivity (Wildman–Crippen MR) is 105 cm³/mol. The van der Waals surface area contributed by atoms with E-state index in [-0.39, 0.29) is 0 Å². The van der Waals surface area contributed by atoms with Gasteiger partial charge in [-0.3, -0.25) is 0 Å². The molecule has 128 valence electrons. The minimum absolute atomic E-state index is 0.357. The van der Waals surface area contributed by atoms with E-state index in [9.17, 15) is 0 Å². The molecule has 0 unspecified atom stereocenters. The summed E-state index contributed by atoms with van der Waals surface area (Å²) in [7, 11) is 2.04. The molecule has 0 aliphatic heterocycles. The molecule has 0 radical (unpaired) electrons. The number of pyridine rings is 1. The fourth-order valence-corrected chi connectivity index (χ4v) is 3.72. The van der Waals surface area contributed by atoms with Gasteiger partial charge < -0.3 is 4.42 Å². The summed E-state index contributed by atoms with van der Waals surface area (Å²) in [5.41, 5.74) is 6.71. The Kier molecular flexibility index (Phi) is 3.77. The molecule has 0 amide bonds. The van der Waals surface area contributed by atoms with Crippen LogP contribution in [0.1, 0.15) is 30.9 Å². The van der Waals surface area contributed by atoms with E-state index in [1.54, 1.807) is 0 Å². The highest BCUT2D eigenvalue weighted by atomic mass is 16.3. The van der Waals surface area contributed by atoms with Crippen LogP contribution in [0.25, 0.3) is 38.0 Å². The number of hydrogen-bond donors (Lipinski definition) is 0. The van der Waals surface area contributed by atoms with Crippen LogP contribution < -0.4 is 4.57 Å². The molecule has 0 aliphatic rings. The fraction of sp³-hybridized carbons (Fsp3) is 0.217. The first-order chi connectivity index (χ1) is 12.5. The number of rotatable bonds is 2. The molecular weight excluding hydrogens is 320 g/mol. The van der Waals surface area contributed by atoms with Crippen molar-refractivity contribution in [1.82, 2.24) is 0 Å². The molecule has 4 aromatic rings. The lowest BCUT2D eigenvalue weighted by Crippen LogP contribution is -2.30. The number of fused-ring (bicyclic) bond motifs is 3. The van der Waals surface area contributed by atoms with Crippen molar-refractivity contribution in [1.29, 1.82) is 0 Å². The van der Waals surface area contributed by atoms with Gasteiger partial charge in [0.05, 0.1) is 12.1 Å². The first kappa shape index (κ1) is 16.4. The van der Waals surface area contributed by atoms with Crippen LogP contribution in [0, 0.1) is 13.5 Å². The van der Waals surface area contributed by atoms with E-state index in [4.69, 9.17) is 11.0 Å². The van der Waals surface area contributed by atoms with E-state index in [1.807, 2.05) is 31.4 Å². The van der Waals surface area contributed by atoms with Crippen molar-refractivity contribution in [3.63, 3.8) is 0 Å². The summed E-state index contributed by atoms with van der Waals surface area (Å²) in [6.45, 7) is 14.0. The van der Waals surface area contributed by atoms with Gasteiger partial charge in [-0.2, -0.15) is 0 Å². The van der Waals surface area contributed by atoms with Gasteiger partial charge >= 0.3 is 0 Å². The molecule has 26 heavy (non-hydrogen) atoms. The highest BCUT2D eigenvalue weighted by Gasteiger charge is 2.23. The summed E-state index contributed by atoms with van der Waals surface area (Å²) in [4.78, 5) is 3.69. The molecule has 0 bridgehead atoms. The van der Waals surface area contributed by atoms with Crippen LogP contribution in [0.15, 0.2) is 53.1 Å². The largest absolute Gasteiger partial charge is 0.466 e. The molecule has 0 saturated carbocycles. The molecule has 2 aromatic carbocycles. The van der Waals surface area contributed by atoms with Crippen molar-refractivity contribution in [2.24, 2.45) is 7.05 Å². The van der Waals surface area contributed by atoms with E-state index < -0.39 is 0 Å². The Bertz CT molecular complexity index is 1190. The van der Waals surface area contributed by atoms with Gasteiger partial charge in [0.15, 0.2) is 6.20 Å². The Balaban J connectivity index is 2.22. The predicted octanol–water partition coefficient (Wildman–Crippen LogP) is 6.06. The summed E-state index contributed by atoms with van der Waals surface area (Å²) in [5, 5.41) is 2.15. The van der Waals surface area contributed by atoms with E-state index in [1.165, 1.54) is 5.56 Å². The maximum atomic E-state index is 7.53. The molecular formula is C23H21N2O+. The molecule has 2 aromatic heterocycles. The Morgan fingerprint density at radius 2 is 1.85 bits per heavy atom. The average molecular weight is 341 g/mol. The van der Waals surface area contributed by atoms with Crippen LogP contribution in [0.3, 0.4) is 0 Å². The molecule has 2 heterocycles. The van der Waals surface area contributed by atoms with E-state index in [2.05, 4.69) is 54.4 Å². The summed E-state index contributed by atoms with van der Waals surface area (Å²) >= 11 is 0. The van der Waals surface area contributed by atoms with Crippen LogP contribution in [-0.2, 0) is 7.05 Å². The third-order valence-corrected chi connectivity index (χ3v) is 5.06. The number of aryl methyl sites for hydroxylation is 2. The lowest BCUT2D eigenvalue weighted by molar-refractivity contribution is -0.660. The lowest BCUT2D eigenvalue weighted by Gasteiger charge is -2.08. The molecule has 3 heteroatoms. The Labute approximate surface area is 153 Å². The molecule has 3 nitrogen and oxygen atoms in total. The standard InChI is InChI=1S/C23H21N2O/c1-14(2)16-11-12-18(24-4)23-21(16)17-10-9-15(3)20(22(17)26-23)19-8-6-7-13-25(19)5/h6-14H,1-3,5H3/q+1. The van der Waals surface area contributed by atoms with Gasteiger partial charge in [0.25, 0.3) is 0 Å². The van der Waals surface area contributed by atoms with Crippen LogP contribution in [0.2, 0.25) is 0 Å². The van der Waals surface area contributed by atoms with Crippen molar-refractivity contribution in [2.75, 3.05) is 0 Å². The molecule has 0 N–H and O–H groups in total. The molecule has 4 rings (SSSR count). The van der Waals surface area contributed by atoms with Crippen molar-refractivity contribution in [2.45, 2.75) is 26.7 Å². The topological polar surface area (TPSA) is 21.4 Å². The SMILES string of the molecule is [C-]#[N+]c1ccc(C(C)C)c2c1oc1c(-c3cccc[n+]3C)c(C)ccc12. The second-order valence-electron chi connectivity index (χ2n) is 7.08. The fourth-order valence-electron chi connectivity index (χ4n) is 3.72. The number of nitrogens with zero attached hydrogens (tertiary/aromatic N) is 2. The third-order valence-electron chi connectivity index (χ3n) is 5.06. The zero-order valence-electron chi connectivity index (χ0n) is 15.5. The molecule has 0 saturated heterocycles. The van der Waals surface area contributed by atoms with Crippen molar-refractivity contribution in [3.05, 3.63) is 71.2 Å². The number of aromatic nitrogens is 1. The van der Waals surface area contributed by atoms with Crippen LogP contribution in [0.4, 0.5) is 5.69 Å². The van der Waals surface area contributed by atoms with Gasteiger partial charge in [0.1, 0.15) is 18.2 Å². The lowest BCUT2D eigenvalue weighted by atomic mass is 9.94. The second kappa shape index (κ2) is 6.00. The molecule has 0 spiro atoms. The van der Waals surface area contributed by atoms with Gasteiger partial charge in [-0.1, -0.05) is 38.1 Å². The third kappa shape index (κ3) is 2.30. The van der Waals surface area contributed by atoms with Crippen molar-refractivity contribution >= 4 is 27.6 Å². The van der Waals surface area contributed by atoms with Gasteiger partial charge in [-0.25, -0.2) is 9.41 Å². The molecule has 0 atom stereocenters. The Morgan fingerprint density at radius 1 is 1.04 bits per heavy atom. The van der Waals surface area contributed by atoms with Crippen LogP contribution in [0.5, 0.6) is 0 Å². The summed E-state index contributed by atoms with van der Waals surface area (Å²) < 4.78 is 8.46. The van der Waals surface area contributed by atoms with Crippen molar-refractivity contribution < 1.29 is 8.98 Å².